The number of rotatable bonds is 0. The summed E-state index contributed by atoms with van der Waals surface area (Å²) in [5.74, 6) is 0. The van der Waals surface area contributed by atoms with Crippen LogP contribution in [0.15, 0.2) is 0 Å². The molecule has 0 bridgehead atoms. The topological polar surface area (TPSA) is 70.0 Å². The van der Waals surface area contributed by atoms with Gasteiger partial charge in [-0.05, 0) is 0 Å². The second-order valence-electron chi connectivity index (χ2n) is 0.497. The molecule has 3 nitrogen and oxygen atoms in total. The summed E-state index contributed by atoms with van der Waals surface area (Å²) in [4.78, 5) is 7.88. The van der Waals surface area contributed by atoms with Crippen molar-refractivity contribution in [2.24, 2.45) is 5.40 Å². The molecule has 1 radical (unpaired) electrons. The Bertz CT molecular complexity index is 55.2. The van der Waals surface area contributed by atoms with Crippen LogP contribution in [-0.4, -0.2) is 14.0 Å². The van der Waals surface area contributed by atoms with Crippen LogP contribution in [0.2, 0.25) is 0 Å². The van der Waals surface area contributed by atoms with Crippen molar-refractivity contribution in [2.75, 3.05) is 0 Å². The quantitative estimate of drug-likeness (QED) is 0.353. The molecule has 0 aromatic carbocycles. The van der Waals surface area contributed by atoms with Gasteiger partial charge in [-0.2, -0.15) is 0 Å². The van der Waals surface area contributed by atoms with E-state index in [0.717, 1.165) is 0 Å². The Morgan fingerprint density at radius 2 is 2.20 bits per heavy atom. The summed E-state index contributed by atoms with van der Waals surface area (Å²) in [7, 11) is -2.07. The lowest BCUT2D eigenvalue weighted by Crippen LogP contribution is -2.22. The molecule has 27 valence electrons. The lowest BCUT2D eigenvalue weighted by molar-refractivity contribution is 0.588. The van der Waals surface area contributed by atoms with E-state index < -0.39 is 9.20 Å². The van der Waals surface area contributed by atoms with Gasteiger partial charge in [-0.25, -0.2) is 5.26 Å². The molecule has 0 rings (SSSR count). The summed E-state index contributed by atoms with van der Waals surface area (Å²) in [5.41, 5.74) is 1.46. The molecule has 5 heavy (non-hydrogen) atoms. The molecule has 3 N–H and O–H groups in total. The molecule has 0 aliphatic heterocycles. The van der Waals surface area contributed by atoms with E-state index in [0.29, 0.717) is 0 Å². The maximum atomic E-state index is 7.88. The van der Waals surface area contributed by atoms with E-state index in [1.54, 1.807) is 0 Å². The first kappa shape index (κ1) is 4.63. The first-order valence-electron chi connectivity index (χ1n) is 0.986. The lowest BCUT2D eigenvalue weighted by atomic mass is 11.8. The molecule has 0 amide bonds. The van der Waals surface area contributed by atoms with Crippen LogP contribution in [0.3, 0.4) is 0 Å². The number of hydrogen-bond donors (Lipinski definition) is 2. The molecular formula is CH3N2OSi. The maximum Gasteiger partial charge on any atom is 0.425 e. The summed E-state index contributed by atoms with van der Waals surface area (Å²) >= 11 is 0. The average Bonchev–Trinajstić information content (AvgIpc) is 1.38. The number of nitrogens with two attached hydrogens (primary N) is 1. The van der Waals surface area contributed by atoms with Crippen molar-refractivity contribution in [3.63, 3.8) is 0 Å². The lowest BCUT2D eigenvalue weighted by Gasteiger charge is -1.70. The SMILES string of the molecule is N#C[Si](N)O. The monoisotopic (exact) mass is 87.0 g/mol. The normalized spacial score (nSPS) is 7.60. The van der Waals surface area contributed by atoms with Crippen LogP contribution in [0.1, 0.15) is 0 Å². The second kappa shape index (κ2) is 1.90. The van der Waals surface area contributed by atoms with Crippen LogP contribution in [0, 0.1) is 11.0 Å². The fraction of sp³-hybridized carbons (Fsp3) is 0. The average molecular weight is 87.1 g/mol. The first-order valence-corrected chi connectivity index (χ1v) is 2.51. The molecule has 0 atom stereocenters. The summed E-state index contributed by atoms with van der Waals surface area (Å²) in [6.07, 6.45) is 0. The van der Waals surface area contributed by atoms with Crippen molar-refractivity contribution in [1.29, 1.82) is 5.26 Å². The summed E-state index contributed by atoms with van der Waals surface area (Å²) in [6.45, 7) is 0. The predicted octanol–water partition coefficient (Wildman–Crippen LogP) is -1.51. The highest BCUT2D eigenvalue weighted by Gasteiger charge is 1.91. The highest BCUT2D eigenvalue weighted by atomic mass is 28.3. The van der Waals surface area contributed by atoms with Crippen molar-refractivity contribution >= 4 is 9.20 Å². The van der Waals surface area contributed by atoms with Crippen LogP contribution < -0.4 is 5.40 Å². The van der Waals surface area contributed by atoms with Gasteiger partial charge >= 0.3 is 9.20 Å². The Hall–Kier alpha value is -0.373. The minimum Gasteiger partial charge on any atom is -0.409 e. The van der Waals surface area contributed by atoms with Crippen molar-refractivity contribution in [2.45, 2.75) is 0 Å². The smallest absolute Gasteiger partial charge is 0.409 e. The highest BCUT2D eigenvalue weighted by molar-refractivity contribution is 6.55. The van der Waals surface area contributed by atoms with Crippen LogP contribution in [-0.2, 0) is 0 Å². The molecule has 4 heteroatoms. The number of nitriles is 1. The van der Waals surface area contributed by atoms with Gasteiger partial charge in [-0.15, -0.1) is 0 Å². The number of nitrogens with zero attached hydrogens (tertiary/aromatic N) is 1. The minimum atomic E-state index is -2.07. The zero-order valence-corrected chi connectivity index (χ0v) is 3.47. The molecule has 0 aliphatic carbocycles. The summed E-state index contributed by atoms with van der Waals surface area (Å²) in [6, 6.07) is 0. The van der Waals surface area contributed by atoms with Gasteiger partial charge in [0.25, 0.3) is 0 Å². The van der Waals surface area contributed by atoms with E-state index in [-0.39, 0.29) is 0 Å². The van der Waals surface area contributed by atoms with E-state index in [9.17, 15) is 0 Å². The molecular weight excluding hydrogens is 84.1 g/mol. The highest BCUT2D eigenvalue weighted by Crippen LogP contribution is 1.44. The molecule has 0 saturated heterocycles. The molecule has 0 aromatic rings. The van der Waals surface area contributed by atoms with E-state index in [2.05, 4.69) is 5.40 Å². The molecule has 0 aliphatic rings. The van der Waals surface area contributed by atoms with E-state index in [4.69, 9.17) is 10.1 Å². The van der Waals surface area contributed by atoms with Crippen molar-refractivity contribution in [3.05, 3.63) is 0 Å². The standard InChI is InChI=1S/CH3N2OSi/c2-1-5(3)4/h4H,3H2. The fourth-order valence-corrected chi connectivity index (χ4v) is 0. The minimum absolute atomic E-state index is 1.46. The van der Waals surface area contributed by atoms with Crippen molar-refractivity contribution < 1.29 is 4.80 Å². The van der Waals surface area contributed by atoms with Crippen LogP contribution in [0.5, 0.6) is 0 Å². The van der Waals surface area contributed by atoms with E-state index in [1.807, 2.05) is 0 Å². The third kappa shape index (κ3) is 3.63. The molecule has 0 fully saturated rings. The van der Waals surface area contributed by atoms with Gasteiger partial charge in [0.15, 0.2) is 0 Å². The van der Waals surface area contributed by atoms with Crippen molar-refractivity contribution in [1.82, 2.24) is 0 Å². The largest absolute Gasteiger partial charge is 0.425 e. The van der Waals surface area contributed by atoms with Gasteiger partial charge in [0.2, 0.25) is 0 Å². The molecule has 0 saturated carbocycles. The molecule has 0 spiro atoms. The zero-order valence-electron chi connectivity index (χ0n) is 2.47. The Kier molecular flexibility index (Phi) is 1.76. The van der Waals surface area contributed by atoms with Gasteiger partial charge < -0.3 is 10.2 Å². The van der Waals surface area contributed by atoms with Gasteiger partial charge in [0.1, 0.15) is 0 Å². The summed E-state index contributed by atoms with van der Waals surface area (Å²) < 4.78 is 0. The zero-order chi connectivity index (χ0) is 4.28. The Morgan fingerprint density at radius 3 is 2.20 bits per heavy atom. The Labute approximate surface area is 31.4 Å². The van der Waals surface area contributed by atoms with Crippen molar-refractivity contribution in [3.8, 4) is 5.69 Å². The predicted molar refractivity (Wildman–Crippen MR) is 17.8 cm³/mol. The Morgan fingerprint density at radius 1 is 2.00 bits per heavy atom. The fourth-order valence-electron chi connectivity index (χ4n) is 0. The van der Waals surface area contributed by atoms with Gasteiger partial charge in [-0.3, -0.25) is 0 Å². The Balaban J connectivity index is 2.94. The maximum absolute atomic E-state index is 7.88. The van der Waals surface area contributed by atoms with Crippen LogP contribution in [0.4, 0.5) is 0 Å². The van der Waals surface area contributed by atoms with Crippen LogP contribution >= 0.6 is 0 Å². The van der Waals surface area contributed by atoms with Gasteiger partial charge in [0.05, 0.1) is 5.69 Å². The van der Waals surface area contributed by atoms with Crippen LogP contribution in [0.25, 0.3) is 0 Å². The molecule has 0 aromatic heterocycles. The van der Waals surface area contributed by atoms with Gasteiger partial charge in [0, 0.05) is 0 Å². The van der Waals surface area contributed by atoms with Gasteiger partial charge in [-0.1, -0.05) is 0 Å². The molecule has 0 heterocycles. The summed E-state index contributed by atoms with van der Waals surface area (Å²) in [5, 5.41) is 12.2. The van der Waals surface area contributed by atoms with E-state index in [1.165, 1.54) is 5.69 Å². The second-order valence-corrected chi connectivity index (χ2v) is 1.49. The van der Waals surface area contributed by atoms with E-state index >= 15 is 0 Å². The third-order valence-corrected chi connectivity index (χ3v) is 0.344. The first-order chi connectivity index (χ1) is 2.27. The third-order valence-electron chi connectivity index (χ3n) is 0.115. The molecule has 0 unspecified atom stereocenters. The number of hydrogen-bond acceptors (Lipinski definition) is 3.